The van der Waals surface area contributed by atoms with E-state index in [4.69, 9.17) is 0 Å². The summed E-state index contributed by atoms with van der Waals surface area (Å²) in [6.45, 7) is 5.53. The minimum Gasteiger partial charge on any atom is -0.254 e. The molecule has 1 rings (SSSR count). The molecule has 0 aliphatic heterocycles. The van der Waals surface area contributed by atoms with Crippen molar-refractivity contribution in [3.63, 3.8) is 0 Å². The van der Waals surface area contributed by atoms with Gasteiger partial charge in [-0.3, -0.25) is 4.99 Å². The fourth-order valence-corrected chi connectivity index (χ4v) is 0.916. The van der Waals surface area contributed by atoms with E-state index in [0.29, 0.717) is 12.1 Å². The van der Waals surface area contributed by atoms with Crippen molar-refractivity contribution in [2.24, 2.45) is 10.4 Å². The van der Waals surface area contributed by atoms with Crippen molar-refractivity contribution in [3.8, 4) is 0 Å². The number of halogens is 3. The van der Waals surface area contributed by atoms with Crippen LogP contribution < -0.4 is 0 Å². The van der Waals surface area contributed by atoms with Gasteiger partial charge in [0.15, 0.2) is 11.6 Å². The minimum absolute atomic E-state index is 0.284. The van der Waals surface area contributed by atoms with E-state index in [-0.39, 0.29) is 5.41 Å². The Balaban J connectivity index is 3.11. The fourth-order valence-electron chi connectivity index (χ4n) is 0.916. The number of aliphatic imine (C=N–C) groups is 1. The Morgan fingerprint density at radius 1 is 1.07 bits per heavy atom. The number of hydrogen-bond acceptors (Lipinski definition) is 1. The average molecular weight is 215 g/mol. The molecule has 0 N–H and O–H groups in total. The van der Waals surface area contributed by atoms with Crippen LogP contribution in [0, 0.1) is 22.9 Å². The summed E-state index contributed by atoms with van der Waals surface area (Å²) in [6, 6.07) is 1.22. The highest BCUT2D eigenvalue weighted by Crippen LogP contribution is 2.24. The van der Waals surface area contributed by atoms with Crippen LogP contribution in [0.15, 0.2) is 17.1 Å². The molecular formula is C11H12F3N. The summed E-state index contributed by atoms with van der Waals surface area (Å²) in [7, 11) is 0. The first-order valence-electron chi connectivity index (χ1n) is 4.49. The third-order valence-electron chi connectivity index (χ3n) is 1.56. The van der Waals surface area contributed by atoms with Crippen LogP contribution in [0.4, 0.5) is 18.9 Å². The zero-order chi connectivity index (χ0) is 11.6. The average Bonchev–Trinajstić information content (AvgIpc) is 1.99. The highest BCUT2D eigenvalue weighted by molar-refractivity contribution is 5.68. The van der Waals surface area contributed by atoms with Gasteiger partial charge in [-0.15, -0.1) is 0 Å². The third kappa shape index (κ3) is 3.38. The number of nitrogens with zero attached hydrogens (tertiary/aromatic N) is 1. The first-order valence-corrected chi connectivity index (χ1v) is 4.49. The van der Waals surface area contributed by atoms with Gasteiger partial charge >= 0.3 is 0 Å². The number of rotatable bonds is 1. The SMILES string of the molecule is CC(C)(C)C=Nc1c(F)cc(F)cc1F. The fraction of sp³-hybridized carbons (Fsp3) is 0.364. The zero-order valence-corrected chi connectivity index (χ0v) is 8.81. The Labute approximate surface area is 86.6 Å². The molecule has 0 aliphatic rings. The van der Waals surface area contributed by atoms with Gasteiger partial charge in [-0.1, -0.05) is 20.8 Å². The molecule has 0 saturated heterocycles. The summed E-state index contributed by atoms with van der Waals surface area (Å²) in [5, 5.41) is 0. The summed E-state index contributed by atoms with van der Waals surface area (Å²) < 4.78 is 38.7. The Morgan fingerprint density at radius 2 is 1.53 bits per heavy atom. The van der Waals surface area contributed by atoms with Crippen molar-refractivity contribution in [1.29, 1.82) is 0 Å². The molecule has 0 amide bonds. The first kappa shape index (κ1) is 11.8. The second-order valence-corrected chi connectivity index (χ2v) is 4.34. The molecule has 0 fully saturated rings. The molecule has 15 heavy (non-hydrogen) atoms. The van der Waals surface area contributed by atoms with Crippen LogP contribution in [0.3, 0.4) is 0 Å². The van der Waals surface area contributed by atoms with Crippen LogP contribution in [0.2, 0.25) is 0 Å². The largest absolute Gasteiger partial charge is 0.254 e. The summed E-state index contributed by atoms with van der Waals surface area (Å²) in [5.74, 6) is -2.93. The van der Waals surface area contributed by atoms with Crippen LogP contribution in [-0.4, -0.2) is 6.21 Å². The summed E-state index contributed by atoms with van der Waals surface area (Å²) in [6.07, 6.45) is 1.42. The van der Waals surface area contributed by atoms with E-state index in [1.54, 1.807) is 0 Å². The van der Waals surface area contributed by atoms with Gasteiger partial charge in [0.1, 0.15) is 11.5 Å². The molecule has 0 heterocycles. The Morgan fingerprint density at radius 3 is 1.93 bits per heavy atom. The van der Waals surface area contributed by atoms with Crippen LogP contribution in [0.1, 0.15) is 20.8 Å². The van der Waals surface area contributed by atoms with Gasteiger partial charge in [0, 0.05) is 18.3 Å². The molecule has 1 nitrogen and oxygen atoms in total. The highest BCUT2D eigenvalue weighted by Gasteiger charge is 2.12. The molecule has 0 radical (unpaired) electrons. The van der Waals surface area contributed by atoms with Gasteiger partial charge in [-0.05, 0) is 5.41 Å². The predicted octanol–water partition coefficient (Wildman–Crippen LogP) is 3.85. The molecule has 0 bridgehead atoms. The Kier molecular flexibility index (Phi) is 3.17. The maximum Gasteiger partial charge on any atom is 0.154 e. The van der Waals surface area contributed by atoms with Crippen LogP contribution >= 0.6 is 0 Å². The second kappa shape index (κ2) is 4.04. The molecule has 0 unspecified atom stereocenters. The summed E-state index contributed by atoms with van der Waals surface area (Å²) in [5.41, 5.74) is -0.737. The molecule has 1 aromatic rings. The van der Waals surface area contributed by atoms with Gasteiger partial charge in [-0.2, -0.15) is 0 Å². The van der Waals surface area contributed by atoms with Crippen molar-refractivity contribution in [2.45, 2.75) is 20.8 Å². The van der Waals surface area contributed by atoms with E-state index in [2.05, 4.69) is 4.99 Å². The van der Waals surface area contributed by atoms with Gasteiger partial charge in [0.2, 0.25) is 0 Å². The highest BCUT2D eigenvalue weighted by atomic mass is 19.1. The van der Waals surface area contributed by atoms with Crippen LogP contribution in [0.25, 0.3) is 0 Å². The van der Waals surface area contributed by atoms with Crippen molar-refractivity contribution < 1.29 is 13.2 Å². The van der Waals surface area contributed by atoms with Crippen molar-refractivity contribution in [1.82, 2.24) is 0 Å². The molecule has 4 heteroatoms. The van der Waals surface area contributed by atoms with Gasteiger partial charge in [0.25, 0.3) is 0 Å². The van der Waals surface area contributed by atoms with Crippen molar-refractivity contribution in [2.75, 3.05) is 0 Å². The van der Waals surface area contributed by atoms with Gasteiger partial charge in [-0.25, -0.2) is 13.2 Å². The lowest BCUT2D eigenvalue weighted by Gasteiger charge is -2.10. The van der Waals surface area contributed by atoms with Crippen molar-refractivity contribution in [3.05, 3.63) is 29.6 Å². The molecule has 1 aromatic carbocycles. The molecule has 0 spiro atoms. The normalized spacial score (nSPS) is 12.4. The molecule has 0 saturated carbocycles. The van der Waals surface area contributed by atoms with Gasteiger partial charge in [0.05, 0.1) is 0 Å². The predicted molar refractivity (Wildman–Crippen MR) is 53.9 cm³/mol. The summed E-state index contributed by atoms with van der Waals surface area (Å²) >= 11 is 0. The summed E-state index contributed by atoms with van der Waals surface area (Å²) in [4.78, 5) is 3.68. The van der Waals surface area contributed by atoms with Crippen LogP contribution in [0.5, 0.6) is 0 Å². The van der Waals surface area contributed by atoms with E-state index >= 15 is 0 Å². The molecular weight excluding hydrogens is 203 g/mol. The van der Waals surface area contributed by atoms with E-state index < -0.39 is 23.1 Å². The Bertz CT molecular complexity index is 368. The second-order valence-electron chi connectivity index (χ2n) is 4.34. The van der Waals surface area contributed by atoms with E-state index in [9.17, 15) is 13.2 Å². The molecule has 0 aliphatic carbocycles. The zero-order valence-electron chi connectivity index (χ0n) is 8.81. The van der Waals surface area contributed by atoms with Crippen LogP contribution in [-0.2, 0) is 0 Å². The smallest absolute Gasteiger partial charge is 0.154 e. The minimum atomic E-state index is -0.993. The van der Waals surface area contributed by atoms with E-state index in [1.165, 1.54) is 6.21 Å². The lowest BCUT2D eigenvalue weighted by molar-refractivity contribution is 0.545. The first-order chi connectivity index (χ1) is 6.79. The monoisotopic (exact) mass is 215 g/mol. The maximum absolute atomic E-state index is 13.1. The van der Waals surface area contributed by atoms with Gasteiger partial charge < -0.3 is 0 Å². The lowest BCUT2D eigenvalue weighted by atomic mass is 9.99. The number of benzene rings is 1. The quantitative estimate of drug-likeness (QED) is 0.631. The van der Waals surface area contributed by atoms with E-state index in [0.717, 1.165) is 0 Å². The standard InChI is InChI=1S/C11H12F3N/c1-11(2,3)6-15-10-8(13)4-7(12)5-9(10)14/h4-6H,1-3H3. The molecule has 0 aromatic heterocycles. The topological polar surface area (TPSA) is 12.4 Å². The lowest BCUT2D eigenvalue weighted by Crippen LogP contribution is -2.05. The molecule has 0 atom stereocenters. The number of hydrogen-bond donors (Lipinski definition) is 0. The van der Waals surface area contributed by atoms with Crippen molar-refractivity contribution >= 4 is 11.9 Å². The third-order valence-corrected chi connectivity index (χ3v) is 1.56. The molecule has 82 valence electrons. The Hall–Kier alpha value is -1.32. The maximum atomic E-state index is 13.1. The van der Waals surface area contributed by atoms with E-state index in [1.807, 2.05) is 20.8 Å².